The molecule has 0 fully saturated rings. The van der Waals surface area contributed by atoms with Gasteiger partial charge < -0.3 is 15.2 Å². The minimum atomic E-state index is -0.332. The van der Waals surface area contributed by atoms with E-state index in [4.69, 9.17) is 0 Å². The van der Waals surface area contributed by atoms with Crippen LogP contribution in [0.25, 0.3) is 32.6 Å². The van der Waals surface area contributed by atoms with E-state index in [1.54, 1.807) is 0 Å². The van der Waals surface area contributed by atoms with Gasteiger partial charge in [0.05, 0.1) is 6.04 Å². The van der Waals surface area contributed by atoms with Crippen LogP contribution in [-0.2, 0) is 16.1 Å². The molecule has 0 saturated carbocycles. The first-order chi connectivity index (χ1) is 16.5. The standard InChI is InChI=1S/C29H27N3O2/c1-3-32-26-14-7-6-12-24(26)25-17-21(15-16-27(25)32)31-29(34)18-28(33)30-19(2)22-13-8-10-20-9-4-5-11-23(20)22/h4-17,19H,3,18H2,1-2H3,(H,30,33)(H,31,34). The van der Waals surface area contributed by atoms with E-state index in [1.165, 1.54) is 5.52 Å². The van der Waals surface area contributed by atoms with E-state index in [0.29, 0.717) is 5.69 Å². The molecule has 5 aromatic rings. The lowest BCUT2D eigenvalue weighted by molar-refractivity contribution is -0.127. The number of carbonyl (C=O) groups is 2. The van der Waals surface area contributed by atoms with E-state index in [9.17, 15) is 9.59 Å². The average Bonchev–Trinajstić information content (AvgIpc) is 3.16. The van der Waals surface area contributed by atoms with Crippen molar-refractivity contribution >= 4 is 50.1 Å². The Bertz CT molecular complexity index is 1530. The topological polar surface area (TPSA) is 63.1 Å². The molecule has 0 aliphatic rings. The van der Waals surface area contributed by atoms with Crippen LogP contribution in [-0.4, -0.2) is 16.4 Å². The fraction of sp³-hybridized carbons (Fsp3) is 0.172. The summed E-state index contributed by atoms with van der Waals surface area (Å²) < 4.78 is 2.26. The number of benzene rings is 4. The van der Waals surface area contributed by atoms with Crippen molar-refractivity contribution < 1.29 is 9.59 Å². The zero-order valence-electron chi connectivity index (χ0n) is 19.3. The summed E-state index contributed by atoms with van der Waals surface area (Å²) in [6, 6.07) is 28.1. The number of carbonyl (C=O) groups excluding carboxylic acids is 2. The van der Waals surface area contributed by atoms with Gasteiger partial charge in [0.15, 0.2) is 0 Å². The zero-order valence-corrected chi connectivity index (χ0v) is 19.3. The first-order valence-electron chi connectivity index (χ1n) is 11.6. The lowest BCUT2D eigenvalue weighted by atomic mass is 9.99. The molecule has 2 N–H and O–H groups in total. The van der Waals surface area contributed by atoms with Crippen molar-refractivity contribution in [3.63, 3.8) is 0 Å². The van der Waals surface area contributed by atoms with Crippen LogP contribution in [0.3, 0.4) is 0 Å². The number of aromatic nitrogens is 1. The summed E-state index contributed by atoms with van der Waals surface area (Å²) in [5, 5.41) is 10.3. The summed E-state index contributed by atoms with van der Waals surface area (Å²) in [5.74, 6) is -0.636. The lowest BCUT2D eigenvalue weighted by Gasteiger charge is -2.16. The lowest BCUT2D eigenvalue weighted by Crippen LogP contribution is -2.30. The van der Waals surface area contributed by atoms with Gasteiger partial charge >= 0.3 is 0 Å². The molecule has 1 heterocycles. The van der Waals surface area contributed by atoms with Gasteiger partial charge in [-0.3, -0.25) is 9.59 Å². The molecule has 1 unspecified atom stereocenters. The van der Waals surface area contributed by atoms with Crippen LogP contribution in [0.4, 0.5) is 5.69 Å². The van der Waals surface area contributed by atoms with E-state index < -0.39 is 0 Å². The summed E-state index contributed by atoms with van der Waals surface area (Å²) in [4.78, 5) is 25.3. The molecule has 5 nitrogen and oxygen atoms in total. The Kier molecular flexibility index (Phi) is 5.76. The summed E-state index contributed by atoms with van der Waals surface area (Å²) in [6.45, 7) is 4.93. The van der Waals surface area contributed by atoms with Crippen LogP contribution < -0.4 is 10.6 Å². The second-order valence-corrected chi connectivity index (χ2v) is 8.58. The van der Waals surface area contributed by atoms with Gasteiger partial charge in [-0.1, -0.05) is 60.7 Å². The van der Waals surface area contributed by atoms with Crippen molar-refractivity contribution in [2.45, 2.75) is 32.9 Å². The van der Waals surface area contributed by atoms with Crippen LogP contribution in [0, 0.1) is 0 Å². The second-order valence-electron chi connectivity index (χ2n) is 8.58. The summed E-state index contributed by atoms with van der Waals surface area (Å²) in [6.07, 6.45) is -0.232. The highest BCUT2D eigenvalue weighted by Crippen LogP contribution is 2.31. The predicted molar refractivity (Wildman–Crippen MR) is 139 cm³/mol. The fourth-order valence-electron chi connectivity index (χ4n) is 4.82. The largest absolute Gasteiger partial charge is 0.349 e. The molecule has 5 rings (SSSR count). The minimum Gasteiger partial charge on any atom is -0.349 e. The monoisotopic (exact) mass is 449 g/mol. The van der Waals surface area contributed by atoms with Crippen molar-refractivity contribution in [2.24, 2.45) is 0 Å². The first kappa shape index (κ1) is 21.7. The van der Waals surface area contributed by atoms with Crippen molar-refractivity contribution in [3.8, 4) is 0 Å². The third-order valence-corrected chi connectivity index (χ3v) is 6.36. The van der Waals surface area contributed by atoms with Gasteiger partial charge in [0.1, 0.15) is 6.42 Å². The van der Waals surface area contributed by atoms with Crippen molar-refractivity contribution in [2.75, 3.05) is 5.32 Å². The van der Waals surface area contributed by atoms with Crippen molar-refractivity contribution in [3.05, 3.63) is 90.5 Å². The molecule has 34 heavy (non-hydrogen) atoms. The van der Waals surface area contributed by atoms with Crippen LogP contribution in [0.1, 0.15) is 31.9 Å². The van der Waals surface area contributed by atoms with Gasteiger partial charge in [0, 0.05) is 34.0 Å². The Labute approximate surface area is 198 Å². The molecule has 0 radical (unpaired) electrons. The molecule has 0 aliphatic carbocycles. The third-order valence-electron chi connectivity index (χ3n) is 6.36. The Morgan fingerprint density at radius 3 is 2.32 bits per heavy atom. The number of anilines is 1. The number of fused-ring (bicyclic) bond motifs is 4. The van der Waals surface area contributed by atoms with E-state index in [1.807, 2.05) is 67.6 Å². The maximum Gasteiger partial charge on any atom is 0.233 e. The zero-order chi connectivity index (χ0) is 23.7. The molecule has 1 aromatic heterocycles. The highest BCUT2D eigenvalue weighted by atomic mass is 16.2. The molecule has 0 spiro atoms. The number of para-hydroxylation sites is 1. The quantitative estimate of drug-likeness (QED) is 0.304. The van der Waals surface area contributed by atoms with Gasteiger partial charge in [-0.05, 0) is 54.4 Å². The van der Waals surface area contributed by atoms with E-state index in [-0.39, 0.29) is 24.3 Å². The van der Waals surface area contributed by atoms with Gasteiger partial charge in [-0.15, -0.1) is 0 Å². The number of hydrogen-bond donors (Lipinski definition) is 2. The molecule has 1 atom stereocenters. The summed E-state index contributed by atoms with van der Waals surface area (Å²) >= 11 is 0. The minimum absolute atomic E-state index is 0.206. The molecule has 0 bridgehead atoms. The van der Waals surface area contributed by atoms with Crippen molar-refractivity contribution in [1.29, 1.82) is 0 Å². The molecular weight excluding hydrogens is 422 g/mol. The van der Waals surface area contributed by atoms with Gasteiger partial charge in [0.2, 0.25) is 11.8 Å². The van der Waals surface area contributed by atoms with E-state index in [0.717, 1.165) is 39.2 Å². The number of amides is 2. The second kappa shape index (κ2) is 9.02. The molecule has 2 amide bonds. The van der Waals surface area contributed by atoms with Crippen LogP contribution in [0.2, 0.25) is 0 Å². The number of hydrogen-bond acceptors (Lipinski definition) is 2. The first-order valence-corrected chi connectivity index (χ1v) is 11.6. The Hall–Kier alpha value is -4.12. The van der Waals surface area contributed by atoms with Gasteiger partial charge in [-0.2, -0.15) is 0 Å². The Morgan fingerprint density at radius 1 is 0.794 bits per heavy atom. The predicted octanol–water partition coefficient (Wildman–Crippen LogP) is 6.17. The smallest absolute Gasteiger partial charge is 0.233 e. The third kappa shape index (κ3) is 4.01. The van der Waals surface area contributed by atoms with E-state index >= 15 is 0 Å². The number of aryl methyl sites for hydroxylation is 1. The molecule has 4 aromatic carbocycles. The maximum absolute atomic E-state index is 12.6. The van der Waals surface area contributed by atoms with Crippen LogP contribution >= 0.6 is 0 Å². The Morgan fingerprint density at radius 2 is 1.50 bits per heavy atom. The molecule has 0 saturated heterocycles. The SMILES string of the molecule is CCn1c2ccccc2c2cc(NC(=O)CC(=O)NC(C)c3cccc4ccccc34)ccc21. The Balaban J connectivity index is 1.29. The molecule has 170 valence electrons. The summed E-state index contributed by atoms with van der Waals surface area (Å²) in [7, 11) is 0. The molecule has 5 heteroatoms. The highest BCUT2D eigenvalue weighted by molar-refractivity contribution is 6.10. The fourth-order valence-corrected chi connectivity index (χ4v) is 4.82. The van der Waals surface area contributed by atoms with Gasteiger partial charge in [0.25, 0.3) is 0 Å². The number of nitrogens with zero attached hydrogens (tertiary/aromatic N) is 1. The molecular formula is C29H27N3O2. The van der Waals surface area contributed by atoms with Gasteiger partial charge in [-0.25, -0.2) is 0 Å². The van der Waals surface area contributed by atoms with Crippen LogP contribution in [0.15, 0.2) is 84.9 Å². The highest BCUT2D eigenvalue weighted by Gasteiger charge is 2.16. The van der Waals surface area contributed by atoms with E-state index in [2.05, 4.69) is 46.4 Å². The van der Waals surface area contributed by atoms with Crippen LogP contribution in [0.5, 0.6) is 0 Å². The molecule has 0 aliphatic heterocycles. The van der Waals surface area contributed by atoms with Crippen molar-refractivity contribution in [1.82, 2.24) is 9.88 Å². The number of nitrogens with one attached hydrogen (secondary N) is 2. The normalized spacial score (nSPS) is 12.2. The summed E-state index contributed by atoms with van der Waals surface area (Å²) in [5.41, 5.74) is 4.02. The number of rotatable bonds is 6. The maximum atomic E-state index is 12.6. The average molecular weight is 450 g/mol.